The number of sulfonamides is 2. The van der Waals surface area contributed by atoms with Crippen LogP contribution in [-0.2, 0) is 44.2 Å². The fourth-order valence-electron chi connectivity index (χ4n) is 5.28. The molecule has 0 saturated carbocycles. The zero-order chi connectivity index (χ0) is 28.2. The molecule has 1 N–H and O–H groups in total. The highest BCUT2D eigenvalue weighted by Gasteiger charge is 2.29. The Labute approximate surface area is 237 Å². The van der Waals surface area contributed by atoms with Crippen LogP contribution in [0.2, 0.25) is 0 Å². The van der Waals surface area contributed by atoms with E-state index in [1.807, 2.05) is 24.3 Å². The zero-order valence-electron chi connectivity index (χ0n) is 22.5. The molecule has 5 rings (SSSR count). The van der Waals surface area contributed by atoms with Gasteiger partial charge in [0.25, 0.3) is 10.0 Å². The number of amides is 1. The van der Waals surface area contributed by atoms with Crippen LogP contribution >= 0.6 is 0 Å². The second kappa shape index (κ2) is 12.1. The first-order valence-corrected chi connectivity index (χ1v) is 16.7. The van der Waals surface area contributed by atoms with Gasteiger partial charge in [-0.15, -0.1) is 0 Å². The minimum Gasteiger partial charge on any atom is -0.352 e. The SMILES string of the molecule is O=C(CCc1ccc(S(=O)(=O)N2CCCc3ccccc32)cc1)NCc1ccc(S(=O)(=O)N2CCCCC2)cc1. The molecule has 8 nitrogen and oxygen atoms in total. The van der Waals surface area contributed by atoms with Crippen LogP contribution in [-0.4, -0.2) is 46.7 Å². The van der Waals surface area contributed by atoms with Gasteiger partial charge in [0.15, 0.2) is 0 Å². The highest BCUT2D eigenvalue weighted by atomic mass is 32.2. The maximum Gasteiger partial charge on any atom is 0.264 e. The topological polar surface area (TPSA) is 104 Å². The lowest BCUT2D eigenvalue weighted by molar-refractivity contribution is -0.121. The molecule has 0 spiro atoms. The van der Waals surface area contributed by atoms with Crippen molar-refractivity contribution in [3.8, 4) is 0 Å². The number of hydrogen-bond acceptors (Lipinski definition) is 5. The molecular formula is C30H35N3O5S2. The number of carbonyl (C=O) groups is 1. The minimum atomic E-state index is -3.67. The first-order chi connectivity index (χ1) is 19.2. The van der Waals surface area contributed by atoms with E-state index in [0.29, 0.717) is 32.6 Å². The molecule has 0 atom stereocenters. The number of nitrogens with one attached hydrogen (secondary N) is 1. The van der Waals surface area contributed by atoms with E-state index in [9.17, 15) is 21.6 Å². The van der Waals surface area contributed by atoms with Crippen LogP contribution in [0.1, 0.15) is 48.8 Å². The van der Waals surface area contributed by atoms with Crippen molar-refractivity contribution in [2.75, 3.05) is 23.9 Å². The zero-order valence-corrected chi connectivity index (χ0v) is 24.1. The van der Waals surface area contributed by atoms with Crippen molar-refractivity contribution in [3.05, 3.63) is 89.5 Å². The summed E-state index contributed by atoms with van der Waals surface area (Å²) in [4.78, 5) is 13.0. The van der Waals surface area contributed by atoms with Crippen LogP contribution in [0, 0.1) is 0 Å². The Bertz CT molecular complexity index is 1550. The lowest BCUT2D eigenvalue weighted by atomic mass is 10.0. The quantitative estimate of drug-likeness (QED) is 0.407. The number of para-hydroxylation sites is 1. The van der Waals surface area contributed by atoms with Crippen LogP contribution in [0.4, 0.5) is 5.69 Å². The molecule has 2 aliphatic heterocycles. The third-order valence-corrected chi connectivity index (χ3v) is 11.3. The van der Waals surface area contributed by atoms with Crippen molar-refractivity contribution in [1.29, 1.82) is 0 Å². The number of fused-ring (bicyclic) bond motifs is 1. The highest BCUT2D eigenvalue weighted by molar-refractivity contribution is 7.92. The molecule has 10 heteroatoms. The van der Waals surface area contributed by atoms with E-state index in [0.717, 1.165) is 54.5 Å². The van der Waals surface area contributed by atoms with Crippen LogP contribution in [0.3, 0.4) is 0 Å². The normalized spacial score (nSPS) is 16.4. The average molecular weight is 582 g/mol. The average Bonchev–Trinajstić information content (AvgIpc) is 2.99. The van der Waals surface area contributed by atoms with Gasteiger partial charge in [-0.05, 0) is 79.1 Å². The summed E-state index contributed by atoms with van der Waals surface area (Å²) in [6.45, 7) is 1.88. The van der Waals surface area contributed by atoms with E-state index in [1.165, 1.54) is 4.31 Å². The van der Waals surface area contributed by atoms with Crippen LogP contribution < -0.4 is 9.62 Å². The van der Waals surface area contributed by atoms with E-state index < -0.39 is 20.0 Å². The van der Waals surface area contributed by atoms with Crippen LogP contribution in [0.15, 0.2) is 82.6 Å². The van der Waals surface area contributed by atoms with Gasteiger partial charge in [0.1, 0.15) is 0 Å². The van der Waals surface area contributed by atoms with E-state index in [-0.39, 0.29) is 22.1 Å². The Hall–Kier alpha value is -3.21. The lowest BCUT2D eigenvalue weighted by Crippen LogP contribution is -2.35. The summed E-state index contributed by atoms with van der Waals surface area (Å²) >= 11 is 0. The lowest BCUT2D eigenvalue weighted by Gasteiger charge is -2.30. The van der Waals surface area contributed by atoms with Gasteiger partial charge in [0.2, 0.25) is 15.9 Å². The molecule has 2 aliphatic rings. The molecule has 0 aliphatic carbocycles. The minimum absolute atomic E-state index is 0.133. The smallest absolute Gasteiger partial charge is 0.264 e. The number of benzene rings is 3. The molecular weight excluding hydrogens is 546 g/mol. The van der Waals surface area contributed by atoms with Crippen molar-refractivity contribution in [2.24, 2.45) is 0 Å². The van der Waals surface area contributed by atoms with E-state index in [4.69, 9.17) is 0 Å². The van der Waals surface area contributed by atoms with E-state index in [1.54, 1.807) is 52.8 Å². The summed E-state index contributed by atoms with van der Waals surface area (Å²) in [5.74, 6) is -0.133. The third-order valence-electron chi connectivity index (χ3n) is 7.59. The Morgan fingerprint density at radius 3 is 2.02 bits per heavy atom. The molecule has 1 saturated heterocycles. The highest BCUT2D eigenvalue weighted by Crippen LogP contribution is 2.32. The van der Waals surface area contributed by atoms with Crippen molar-refractivity contribution in [3.63, 3.8) is 0 Å². The molecule has 1 amide bonds. The third kappa shape index (κ3) is 6.24. The van der Waals surface area contributed by atoms with Crippen LogP contribution in [0.5, 0.6) is 0 Å². The molecule has 3 aromatic rings. The Kier molecular flexibility index (Phi) is 8.58. The Balaban J connectivity index is 1.13. The van der Waals surface area contributed by atoms with Gasteiger partial charge in [-0.25, -0.2) is 16.8 Å². The second-order valence-electron chi connectivity index (χ2n) is 10.3. The fraction of sp³-hybridized carbons (Fsp3) is 0.367. The van der Waals surface area contributed by atoms with Gasteiger partial charge >= 0.3 is 0 Å². The molecule has 0 radical (unpaired) electrons. The molecule has 0 aromatic heterocycles. The first-order valence-electron chi connectivity index (χ1n) is 13.8. The Morgan fingerprint density at radius 2 is 1.32 bits per heavy atom. The number of piperidine rings is 1. The monoisotopic (exact) mass is 581 g/mol. The summed E-state index contributed by atoms with van der Waals surface area (Å²) in [7, 11) is -7.14. The number of anilines is 1. The molecule has 40 heavy (non-hydrogen) atoms. The van der Waals surface area contributed by atoms with Gasteiger partial charge in [-0.1, -0.05) is 48.9 Å². The largest absolute Gasteiger partial charge is 0.352 e. The van der Waals surface area contributed by atoms with Crippen LogP contribution in [0.25, 0.3) is 0 Å². The number of nitrogens with zero attached hydrogens (tertiary/aromatic N) is 2. The Morgan fingerprint density at radius 1 is 0.700 bits per heavy atom. The summed E-state index contributed by atoms with van der Waals surface area (Å²) in [5.41, 5.74) is 3.48. The van der Waals surface area contributed by atoms with Gasteiger partial charge < -0.3 is 5.32 Å². The van der Waals surface area contributed by atoms with Gasteiger partial charge in [0, 0.05) is 32.6 Å². The van der Waals surface area contributed by atoms with Crippen molar-refractivity contribution in [1.82, 2.24) is 9.62 Å². The van der Waals surface area contributed by atoms with E-state index in [2.05, 4.69) is 5.32 Å². The van der Waals surface area contributed by atoms with Gasteiger partial charge in [-0.3, -0.25) is 9.10 Å². The number of hydrogen-bond donors (Lipinski definition) is 1. The number of rotatable bonds is 9. The summed E-state index contributed by atoms with van der Waals surface area (Å²) in [6, 6.07) is 21.0. The summed E-state index contributed by atoms with van der Waals surface area (Å²) in [6.07, 6.45) is 5.23. The molecule has 1 fully saturated rings. The first kappa shape index (κ1) is 28.3. The molecule has 3 aromatic carbocycles. The van der Waals surface area contributed by atoms with Crippen molar-refractivity contribution < 1.29 is 21.6 Å². The number of aryl methyl sites for hydroxylation is 2. The predicted octanol–water partition coefficient (Wildman–Crippen LogP) is 4.25. The molecule has 212 valence electrons. The van der Waals surface area contributed by atoms with Crippen molar-refractivity contribution in [2.45, 2.75) is 61.3 Å². The maximum atomic E-state index is 13.3. The van der Waals surface area contributed by atoms with Crippen molar-refractivity contribution >= 4 is 31.6 Å². The molecule has 0 bridgehead atoms. The fourth-order valence-corrected chi connectivity index (χ4v) is 8.34. The number of carbonyl (C=O) groups excluding carboxylic acids is 1. The predicted molar refractivity (Wildman–Crippen MR) is 155 cm³/mol. The summed E-state index contributed by atoms with van der Waals surface area (Å²) < 4.78 is 55.3. The second-order valence-corrected chi connectivity index (χ2v) is 14.1. The molecule has 0 unspecified atom stereocenters. The maximum absolute atomic E-state index is 13.3. The molecule has 2 heterocycles. The standard InChI is InChI=1S/C30H35N3O5S2/c34-30(31-23-25-12-17-27(18-13-25)39(35,36)32-20-4-1-5-21-32)19-14-24-10-15-28(16-11-24)40(37,38)33-22-6-8-26-7-2-3-9-29(26)33/h2-3,7,9-13,15-18H,1,4-6,8,14,19-23H2,(H,31,34). The van der Waals surface area contributed by atoms with Gasteiger partial charge in [-0.2, -0.15) is 4.31 Å². The summed E-state index contributed by atoms with van der Waals surface area (Å²) in [5, 5.41) is 2.88. The van der Waals surface area contributed by atoms with Gasteiger partial charge in [0.05, 0.1) is 15.5 Å². The van der Waals surface area contributed by atoms with E-state index >= 15 is 0 Å².